The van der Waals surface area contributed by atoms with Gasteiger partial charge in [-0.3, -0.25) is 0 Å². The van der Waals surface area contributed by atoms with Crippen molar-refractivity contribution in [2.24, 2.45) is 0 Å². The van der Waals surface area contributed by atoms with E-state index in [1.807, 2.05) is 0 Å². The molecule has 0 radical (unpaired) electrons. The Morgan fingerprint density at radius 2 is 1.70 bits per heavy atom. The summed E-state index contributed by atoms with van der Waals surface area (Å²) in [6.07, 6.45) is 2.41. The van der Waals surface area contributed by atoms with Gasteiger partial charge in [0.2, 0.25) is 0 Å². The monoisotopic (exact) mass is 275 g/mol. The van der Waals surface area contributed by atoms with Crippen LogP contribution in [0.2, 0.25) is 0 Å². The zero-order chi connectivity index (χ0) is 14.7. The van der Waals surface area contributed by atoms with E-state index in [1.165, 1.54) is 29.8 Å². The maximum absolute atomic E-state index is 3.66. The van der Waals surface area contributed by atoms with Crippen molar-refractivity contribution in [3.05, 3.63) is 23.8 Å². The Kier molecular flexibility index (Phi) is 4.92. The number of benzene rings is 1. The molecule has 1 aromatic carbocycles. The normalized spacial score (nSPS) is 24.1. The van der Waals surface area contributed by atoms with Crippen LogP contribution in [0.5, 0.6) is 0 Å². The molecule has 0 aromatic heterocycles. The third kappa shape index (κ3) is 3.66. The number of nitrogens with zero attached hydrogens (tertiary/aromatic N) is 2. The van der Waals surface area contributed by atoms with E-state index in [1.54, 1.807) is 0 Å². The number of hydrogen-bond acceptors (Lipinski definition) is 3. The van der Waals surface area contributed by atoms with Crippen LogP contribution in [0, 0.1) is 6.92 Å². The third-order valence-corrected chi connectivity index (χ3v) is 4.27. The van der Waals surface area contributed by atoms with Crippen LogP contribution < -0.4 is 15.1 Å². The van der Waals surface area contributed by atoms with E-state index in [2.05, 4.69) is 68.2 Å². The summed E-state index contributed by atoms with van der Waals surface area (Å²) in [5.41, 5.74) is 4.03. The van der Waals surface area contributed by atoms with Gasteiger partial charge in [-0.2, -0.15) is 0 Å². The van der Waals surface area contributed by atoms with Crippen molar-refractivity contribution in [3.8, 4) is 0 Å². The molecule has 3 nitrogen and oxygen atoms in total. The smallest absolute Gasteiger partial charge is 0.0411 e. The summed E-state index contributed by atoms with van der Waals surface area (Å²) < 4.78 is 0. The van der Waals surface area contributed by atoms with E-state index >= 15 is 0 Å². The highest BCUT2D eigenvalue weighted by Crippen LogP contribution is 2.26. The Bertz CT molecular complexity index is 430. The molecule has 3 heteroatoms. The van der Waals surface area contributed by atoms with Crippen molar-refractivity contribution in [2.75, 3.05) is 37.0 Å². The SMILES string of the molecule is Cc1ccc(N2CCC(C)NC(C)CC2)cc1N(C)C. The van der Waals surface area contributed by atoms with Gasteiger partial charge in [-0.1, -0.05) is 6.07 Å². The van der Waals surface area contributed by atoms with Crippen molar-refractivity contribution in [1.29, 1.82) is 0 Å². The van der Waals surface area contributed by atoms with Crippen LogP contribution in [0.15, 0.2) is 18.2 Å². The predicted molar refractivity (Wildman–Crippen MR) is 89.0 cm³/mol. The number of nitrogens with one attached hydrogen (secondary N) is 1. The summed E-state index contributed by atoms with van der Waals surface area (Å²) in [5, 5.41) is 3.66. The standard InChI is InChI=1S/C17H29N3/c1-13-6-7-16(12-17(13)19(4)5)20-10-8-14(2)18-15(3)9-11-20/h6-7,12,14-15,18H,8-11H2,1-5H3. The number of rotatable bonds is 2. The van der Waals surface area contributed by atoms with E-state index < -0.39 is 0 Å². The van der Waals surface area contributed by atoms with E-state index in [-0.39, 0.29) is 0 Å². The summed E-state index contributed by atoms with van der Waals surface area (Å²) in [6.45, 7) is 9.04. The average molecular weight is 275 g/mol. The Balaban J connectivity index is 2.18. The average Bonchev–Trinajstić information content (AvgIpc) is 2.37. The fourth-order valence-corrected chi connectivity index (χ4v) is 3.00. The van der Waals surface area contributed by atoms with Crippen molar-refractivity contribution >= 4 is 11.4 Å². The van der Waals surface area contributed by atoms with E-state index in [9.17, 15) is 0 Å². The predicted octanol–water partition coefficient (Wildman–Crippen LogP) is 3.03. The molecule has 0 bridgehead atoms. The second-order valence-corrected chi connectivity index (χ2v) is 6.40. The topological polar surface area (TPSA) is 18.5 Å². The molecule has 1 heterocycles. The first-order valence-corrected chi connectivity index (χ1v) is 7.76. The van der Waals surface area contributed by atoms with Crippen LogP contribution in [0.4, 0.5) is 11.4 Å². The van der Waals surface area contributed by atoms with Gasteiger partial charge in [0.1, 0.15) is 0 Å². The van der Waals surface area contributed by atoms with Crippen molar-refractivity contribution < 1.29 is 0 Å². The molecule has 20 heavy (non-hydrogen) atoms. The van der Waals surface area contributed by atoms with Crippen molar-refractivity contribution in [1.82, 2.24) is 5.32 Å². The fraction of sp³-hybridized carbons (Fsp3) is 0.647. The first-order chi connectivity index (χ1) is 9.47. The Hall–Kier alpha value is -1.22. The zero-order valence-corrected chi connectivity index (χ0v) is 13.6. The Labute approximate surface area is 124 Å². The third-order valence-electron chi connectivity index (χ3n) is 4.27. The molecule has 112 valence electrons. The van der Waals surface area contributed by atoms with Crippen LogP contribution in [0.1, 0.15) is 32.3 Å². The van der Waals surface area contributed by atoms with Crippen LogP contribution in [-0.4, -0.2) is 39.3 Å². The molecule has 1 aromatic rings. The lowest BCUT2D eigenvalue weighted by Gasteiger charge is -2.33. The summed E-state index contributed by atoms with van der Waals surface area (Å²) in [7, 11) is 4.24. The van der Waals surface area contributed by atoms with Gasteiger partial charge in [0.25, 0.3) is 0 Å². The van der Waals surface area contributed by atoms with Crippen molar-refractivity contribution in [2.45, 2.75) is 45.7 Å². The summed E-state index contributed by atoms with van der Waals surface area (Å²) in [4.78, 5) is 4.75. The van der Waals surface area contributed by atoms with Crippen LogP contribution in [-0.2, 0) is 0 Å². The molecule has 1 aliphatic rings. The van der Waals surface area contributed by atoms with Crippen LogP contribution in [0.3, 0.4) is 0 Å². The molecule has 1 saturated heterocycles. The van der Waals surface area contributed by atoms with Gasteiger partial charge in [0.05, 0.1) is 0 Å². The summed E-state index contributed by atoms with van der Waals surface area (Å²) in [6, 6.07) is 8.05. The summed E-state index contributed by atoms with van der Waals surface area (Å²) in [5.74, 6) is 0. The lowest BCUT2D eigenvalue weighted by molar-refractivity contribution is 0.404. The second kappa shape index (κ2) is 6.49. The molecule has 0 spiro atoms. The van der Waals surface area contributed by atoms with E-state index in [0.29, 0.717) is 12.1 Å². The zero-order valence-electron chi connectivity index (χ0n) is 13.6. The van der Waals surface area contributed by atoms with Gasteiger partial charge in [0, 0.05) is 50.6 Å². The second-order valence-electron chi connectivity index (χ2n) is 6.40. The first kappa shape index (κ1) is 15.2. The highest BCUT2D eigenvalue weighted by atomic mass is 15.1. The Morgan fingerprint density at radius 3 is 2.25 bits per heavy atom. The number of aryl methyl sites for hydroxylation is 1. The molecular formula is C17H29N3. The van der Waals surface area contributed by atoms with Gasteiger partial charge in [-0.25, -0.2) is 0 Å². The van der Waals surface area contributed by atoms with Gasteiger partial charge in [-0.05, 0) is 51.3 Å². The Morgan fingerprint density at radius 1 is 1.10 bits per heavy atom. The minimum absolute atomic E-state index is 0.603. The molecule has 2 unspecified atom stereocenters. The molecule has 0 aliphatic carbocycles. The molecule has 2 rings (SSSR count). The highest BCUT2D eigenvalue weighted by molar-refractivity contribution is 5.62. The maximum atomic E-state index is 3.66. The largest absolute Gasteiger partial charge is 0.377 e. The molecular weight excluding hydrogens is 246 g/mol. The minimum Gasteiger partial charge on any atom is -0.377 e. The number of hydrogen-bond donors (Lipinski definition) is 1. The molecule has 0 saturated carbocycles. The molecule has 0 amide bonds. The van der Waals surface area contributed by atoms with Gasteiger partial charge in [0.15, 0.2) is 0 Å². The highest BCUT2D eigenvalue weighted by Gasteiger charge is 2.17. The number of anilines is 2. The van der Waals surface area contributed by atoms with Gasteiger partial charge in [-0.15, -0.1) is 0 Å². The fourth-order valence-electron chi connectivity index (χ4n) is 3.00. The lowest BCUT2D eigenvalue weighted by atomic mass is 10.1. The quantitative estimate of drug-likeness (QED) is 0.895. The van der Waals surface area contributed by atoms with E-state index in [0.717, 1.165) is 13.1 Å². The first-order valence-electron chi connectivity index (χ1n) is 7.76. The van der Waals surface area contributed by atoms with E-state index in [4.69, 9.17) is 0 Å². The minimum atomic E-state index is 0.603. The summed E-state index contributed by atoms with van der Waals surface area (Å²) >= 11 is 0. The van der Waals surface area contributed by atoms with Crippen molar-refractivity contribution in [3.63, 3.8) is 0 Å². The van der Waals surface area contributed by atoms with Gasteiger partial charge >= 0.3 is 0 Å². The maximum Gasteiger partial charge on any atom is 0.0411 e. The van der Waals surface area contributed by atoms with Crippen LogP contribution >= 0.6 is 0 Å². The molecule has 1 N–H and O–H groups in total. The molecule has 1 aliphatic heterocycles. The van der Waals surface area contributed by atoms with Gasteiger partial charge < -0.3 is 15.1 Å². The molecule has 2 atom stereocenters. The lowest BCUT2D eigenvalue weighted by Crippen LogP contribution is -2.43. The molecule has 1 fully saturated rings. The van der Waals surface area contributed by atoms with Crippen LogP contribution in [0.25, 0.3) is 0 Å².